The fourth-order valence-electron chi connectivity index (χ4n) is 0.724. The molecule has 0 atom stereocenters. The van der Waals surface area contributed by atoms with E-state index in [9.17, 15) is 4.39 Å². The molecule has 0 spiro atoms. The smallest absolute Gasteiger partial charge is 0.228 e. The van der Waals surface area contributed by atoms with Gasteiger partial charge in [0.25, 0.3) is 0 Å². The van der Waals surface area contributed by atoms with E-state index >= 15 is 0 Å². The zero-order valence-electron chi connectivity index (χ0n) is 6.72. The van der Waals surface area contributed by atoms with Crippen LogP contribution in [0.5, 0.6) is 0 Å². The number of rotatable bonds is 1. The molecule has 0 fully saturated rings. The fourth-order valence-corrected chi connectivity index (χ4v) is 0.882. The summed E-state index contributed by atoms with van der Waals surface area (Å²) in [5, 5.41) is 8.77. The van der Waals surface area contributed by atoms with Crippen LogP contribution in [-0.4, -0.2) is 16.7 Å². The summed E-state index contributed by atoms with van der Waals surface area (Å²) in [5.74, 6) is 4.46. The third-order valence-corrected chi connectivity index (χ3v) is 1.47. The van der Waals surface area contributed by atoms with E-state index < -0.39 is 5.95 Å². The molecular weight excluding hydrogens is 193 g/mol. The van der Waals surface area contributed by atoms with Crippen LogP contribution < -0.4 is 0 Å². The zero-order valence-corrected chi connectivity index (χ0v) is 7.48. The predicted octanol–water partition coefficient (Wildman–Crippen LogP) is 1.61. The molecule has 4 heteroatoms. The summed E-state index contributed by atoms with van der Waals surface area (Å²) in [6.45, 7) is -0.0391. The van der Waals surface area contributed by atoms with E-state index in [1.807, 2.05) is 0 Å². The highest BCUT2D eigenvalue weighted by molar-refractivity contribution is 6.30. The molecule has 2 nitrogen and oxygen atoms in total. The summed E-state index contributed by atoms with van der Waals surface area (Å²) in [7, 11) is 0. The van der Waals surface area contributed by atoms with Crippen LogP contribution in [0.25, 0.3) is 0 Å². The third kappa shape index (κ3) is 3.02. The number of halogens is 2. The first-order valence-electron chi connectivity index (χ1n) is 3.65. The maximum absolute atomic E-state index is 12.9. The first kappa shape index (κ1) is 9.97. The van der Waals surface area contributed by atoms with Gasteiger partial charge in [-0.05, 0) is 6.07 Å². The van der Waals surface area contributed by atoms with E-state index in [-0.39, 0.29) is 12.2 Å². The van der Waals surface area contributed by atoms with Crippen molar-refractivity contribution in [2.24, 2.45) is 0 Å². The molecule has 0 aliphatic carbocycles. The van der Waals surface area contributed by atoms with Gasteiger partial charge in [-0.25, -0.2) is 4.98 Å². The van der Waals surface area contributed by atoms with Crippen molar-refractivity contribution in [1.29, 1.82) is 0 Å². The Bertz CT molecular complexity index is 356. The van der Waals surface area contributed by atoms with Gasteiger partial charge in [-0.2, -0.15) is 4.39 Å². The highest BCUT2D eigenvalue weighted by atomic mass is 35.5. The first-order valence-corrected chi connectivity index (χ1v) is 4.02. The van der Waals surface area contributed by atoms with Gasteiger partial charge in [-0.3, -0.25) is 0 Å². The second-order valence-corrected chi connectivity index (χ2v) is 2.70. The van der Waals surface area contributed by atoms with Crippen molar-refractivity contribution in [3.8, 4) is 11.8 Å². The highest BCUT2D eigenvalue weighted by Crippen LogP contribution is 2.10. The number of hydrogen-bond acceptors (Lipinski definition) is 2. The predicted molar refractivity (Wildman–Crippen MR) is 47.8 cm³/mol. The van der Waals surface area contributed by atoms with Gasteiger partial charge in [-0.15, -0.1) is 0 Å². The summed E-state index contributed by atoms with van der Waals surface area (Å²) in [4.78, 5) is 3.39. The number of aliphatic hydroxyl groups excluding tert-OH is 1. The average Bonchev–Trinajstić information content (AvgIpc) is 2.11. The maximum atomic E-state index is 12.9. The number of aromatic nitrogens is 1. The normalized spacial score (nSPS) is 9.15. The van der Waals surface area contributed by atoms with Gasteiger partial charge >= 0.3 is 0 Å². The van der Waals surface area contributed by atoms with Gasteiger partial charge in [0.1, 0.15) is 0 Å². The Morgan fingerprint density at radius 2 is 2.38 bits per heavy atom. The summed E-state index contributed by atoms with van der Waals surface area (Å²) in [6.07, 6.45) is 1.53. The molecule has 13 heavy (non-hydrogen) atoms. The Hall–Kier alpha value is -1.11. The highest BCUT2D eigenvalue weighted by Gasteiger charge is 1.99. The van der Waals surface area contributed by atoms with Crippen LogP contribution in [-0.2, 0) is 0 Å². The van der Waals surface area contributed by atoms with E-state index in [1.165, 1.54) is 12.3 Å². The minimum atomic E-state index is -0.644. The fraction of sp³-hybridized carbons (Fsp3) is 0.222. The Kier molecular flexibility index (Phi) is 3.69. The lowest BCUT2D eigenvalue weighted by molar-refractivity contribution is 0.305. The lowest BCUT2D eigenvalue weighted by atomic mass is 10.2. The molecule has 0 aliphatic rings. The van der Waals surface area contributed by atoms with Gasteiger partial charge in [-0.1, -0.05) is 23.4 Å². The number of aliphatic hydroxyl groups is 1. The molecule has 0 unspecified atom stereocenters. The van der Waals surface area contributed by atoms with Gasteiger partial charge in [0.05, 0.1) is 17.2 Å². The molecule has 1 N–H and O–H groups in total. The SMILES string of the molecule is OCCC#Cc1cc(Cl)cnc1F. The van der Waals surface area contributed by atoms with Crippen molar-refractivity contribution in [1.82, 2.24) is 4.98 Å². The molecule has 0 aliphatic heterocycles. The number of hydrogen-bond donors (Lipinski definition) is 1. The van der Waals surface area contributed by atoms with Crippen molar-refractivity contribution in [3.05, 3.63) is 28.8 Å². The monoisotopic (exact) mass is 199 g/mol. The van der Waals surface area contributed by atoms with E-state index in [4.69, 9.17) is 16.7 Å². The molecule has 0 saturated carbocycles. The van der Waals surface area contributed by atoms with Gasteiger partial charge in [0, 0.05) is 12.6 Å². The van der Waals surface area contributed by atoms with Gasteiger partial charge in [0.15, 0.2) is 0 Å². The summed E-state index contributed by atoms with van der Waals surface area (Å²) in [6, 6.07) is 1.40. The second-order valence-electron chi connectivity index (χ2n) is 2.27. The molecule has 1 rings (SSSR count). The van der Waals surface area contributed by atoms with Crippen LogP contribution in [0.4, 0.5) is 4.39 Å². The quantitative estimate of drug-likeness (QED) is 0.551. The van der Waals surface area contributed by atoms with Crippen molar-refractivity contribution in [2.45, 2.75) is 6.42 Å². The minimum absolute atomic E-state index is 0.0391. The van der Waals surface area contributed by atoms with E-state index in [1.54, 1.807) is 0 Å². The lowest BCUT2D eigenvalue weighted by Crippen LogP contribution is -1.88. The van der Waals surface area contributed by atoms with Crippen LogP contribution in [0, 0.1) is 17.8 Å². The van der Waals surface area contributed by atoms with Crippen molar-refractivity contribution >= 4 is 11.6 Å². The lowest BCUT2D eigenvalue weighted by Gasteiger charge is -1.93. The van der Waals surface area contributed by atoms with Crippen molar-refractivity contribution in [3.63, 3.8) is 0 Å². The maximum Gasteiger partial charge on any atom is 0.228 e. The first-order chi connectivity index (χ1) is 6.24. The van der Waals surface area contributed by atoms with Gasteiger partial charge in [0.2, 0.25) is 5.95 Å². The second kappa shape index (κ2) is 4.80. The summed E-state index contributed by atoms with van der Waals surface area (Å²) < 4.78 is 12.9. The zero-order chi connectivity index (χ0) is 9.68. The molecule has 68 valence electrons. The number of nitrogens with zero attached hydrogens (tertiary/aromatic N) is 1. The molecule has 0 aromatic carbocycles. The molecule has 0 radical (unpaired) electrons. The number of pyridine rings is 1. The topological polar surface area (TPSA) is 33.1 Å². The third-order valence-electron chi connectivity index (χ3n) is 1.27. The van der Waals surface area contributed by atoms with E-state index in [2.05, 4.69) is 16.8 Å². The van der Waals surface area contributed by atoms with Gasteiger partial charge < -0.3 is 5.11 Å². The van der Waals surface area contributed by atoms with Crippen LogP contribution in [0.1, 0.15) is 12.0 Å². The largest absolute Gasteiger partial charge is 0.395 e. The van der Waals surface area contributed by atoms with Crippen LogP contribution in [0.3, 0.4) is 0 Å². The molecule has 0 amide bonds. The van der Waals surface area contributed by atoms with Crippen LogP contribution in [0.15, 0.2) is 12.3 Å². The molecule has 1 heterocycles. The molecule has 0 saturated heterocycles. The molecule has 1 aromatic rings. The Labute approximate surface area is 80.4 Å². The van der Waals surface area contributed by atoms with Crippen molar-refractivity contribution in [2.75, 3.05) is 6.61 Å². The molecular formula is C9H7ClFNO. The van der Waals surface area contributed by atoms with E-state index in [0.29, 0.717) is 11.4 Å². The standard InChI is InChI=1S/C9H7ClFNO/c10-8-5-7(3-1-2-4-13)9(11)12-6-8/h5-6,13H,2,4H2. The minimum Gasteiger partial charge on any atom is -0.395 e. The van der Waals surface area contributed by atoms with Crippen LogP contribution in [0.2, 0.25) is 5.02 Å². The van der Waals surface area contributed by atoms with E-state index in [0.717, 1.165) is 0 Å². The molecule has 0 bridgehead atoms. The van der Waals surface area contributed by atoms with Crippen molar-refractivity contribution < 1.29 is 9.50 Å². The Morgan fingerprint density at radius 1 is 1.62 bits per heavy atom. The average molecular weight is 200 g/mol. The summed E-state index contributed by atoms with van der Waals surface area (Å²) >= 11 is 5.58. The summed E-state index contributed by atoms with van der Waals surface area (Å²) in [5.41, 5.74) is 0.154. The Balaban J connectivity index is 2.89. The molecule has 1 aromatic heterocycles. The Morgan fingerprint density at radius 3 is 3.08 bits per heavy atom. The van der Waals surface area contributed by atoms with Crippen LogP contribution >= 0.6 is 11.6 Å².